The van der Waals surface area contributed by atoms with Gasteiger partial charge in [0.15, 0.2) is 5.17 Å². The number of carbonyl (C=O) groups excluding carboxylic acids is 1. The number of nitrogens with zero attached hydrogens (tertiary/aromatic N) is 1. The van der Waals surface area contributed by atoms with Gasteiger partial charge in [-0.25, -0.2) is 0 Å². The van der Waals surface area contributed by atoms with Crippen molar-refractivity contribution < 1.29 is 22.7 Å². The molecule has 0 aliphatic carbocycles. The zero-order valence-electron chi connectivity index (χ0n) is 16.3. The number of thioether (sulfide) groups is 1. The van der Waals surface area contributed by atoms with Crippen LogP contribution in [0.25, 0.3) is 0 Å². The van der Waals surface area contributed by atoms with E-state index in [4.69, 9.17) is 4.74 Å². The number of ether oxygens (including phenoxy) is 1. The molecule has 1 heterocycles. The Bertz CT molecular complexity index is 873. The summed E-state index contributed by atoms with van der Waals surface area (Å²) in [6, 6.07) is 13.8. The van der Waals surface area contributed by atoms with Gasteiger partial charge in [0.2, 0.25) is 5.91 Å². The molecule has 5 nitrogen and oxygen atoms in total. The maximum atomic E-state index is 13.4. The molecule has 160 valence electrons. The molecule has 0 unspecified atom stereocenters. The van der Waals surface area contributed by atoms with Gasteiger partial charge in [-0.2, -0.15) is 13.2 Å². The van der Waals surface area contributed by atoms with Gasteiger partial charge in [0.25, 0.3) is 0 Å². The molecule has 2 N–H and O–H groups in total. The Morgan fingerprint density at radius 3 is 2.53 bits per heavy atom. The van der Waals surface area contributed by atoms with Crippen LogP contribution in [0.1, 0.15) is 23.6 Å². The highest BCUT2D eigenvalue weighted by molar-refractivity contribution is 8.14. The highest BCUT2D eigenvalue weighted by Gasteiger charge is 2.43. The van der Waals surface area contributed by atoms with E-state index in [1.165, 1.54) is 0 Å². The number of halogens is 3. The zero-order chi connectivity index (χ0) is 21.6. The van der Waals surface area contributed by atoms with Gasteiger partial charge in [-0.3, -0.25) is 9.79 Å². The molecule has 0 saturated heterocycles. The highest BCUT2D eigenvalue weighted by Crippen LogP contribution is 2.34. The minimum atomic E-state index is -4.40. The van der Waals surface area contributed by atoms with E-state index in [2.05, 4.69) is 15.6 Å². The summed E-state index contributed by atoms with van der Waals surface area (Å²) < 4.78 is 45.1. The second-order valence-electron chi connectivity index (χ2n) is 6.75. The number of rotatable bonds is 6. The number of carbonyl (C=O) groups is 1. The van der Waals surface area contributed by atoms with Crippen molar-refractivity contribution in [2.24, 2.45) is 4.99 Å². The Balaban J connectivity index is 1.58. The first-order valence-electron chi connectivity index (χ1n) is 9.33. The predicted octanol–water partition coefficient (Wildman–Crippen LogP) is 4.07. The van der Waals surface area contributed by atoms with Crippen LogP contribution in [0, 0.1) is 0 Å². The first kappa shape index (κ1) is 22.0. The van der Waals surface area contributed by atoms with Crippen LogP contribution in [0.2, 0.25) is 0 Å². The monoisotopic (exact) mass is 437 g/mol. The summed E-state index contributed by atoms with van der Waals surface area (Å²) in [7, 11) is 1.57. The quantitative estimate of drug-likeness (QED) is 0.715. The molecule has 2 aromatic carbocycles. The number of nitrogens with one attached hydrogen (secondary N) is 2. The van der Waals surface area contributed by atoms with Gasteiger partial charge in [0.05, 0.1) is 18.9 Å². The summed E-state index contributed by atoms with van der Waals surface area (Å²) in [5.74, 6) is 0.397. The van der Waals surface area contributed by atoms with Crippen LogP contribution in [-0.2, 0) is 11.3 Å². The molecule has 0 saturated carbocycles. The molecule has 0 radical (unpaired) electrons. The number of hydrogen-bond donors (Lipinski definition) is 2. The van der Waals surface area contributed by atoms with Crippen LogP contribution in [0.5, 0.6) is 5.75 Å². The number of hydrogen-bond acceptors (Lipinski definition) is 5. The fourth-order valence-corrected chi connectivity index (χ4v) is 3.77. The molecule has 3 rings (SSSR count). The molecule has 1 aliphatic heterocycles. The van der Waals surface area contributed by atoms with Crippen LogP contribution >= 0.6 is 11.8 Å². The van der Waals surface area contributed by atoms with Crippen LogP contribution in [0.3, 0.4) is 0 Å². The lowest BCUT2D eigenvalue weighted by atomic mass is 9.98. The molecule has 9 heteroatoms. The van der Waals surface area contributed by atoms with Gasteiger partial charge in [0, 0.05) is 13.0 Å². The minimum absolute atomic E-state index is 0.0337. The summed E-state index contributed by atoms with van der Waals surface area (Å²) in [6.07, 6.45) is -4.58. The van der Waals surface area contributed by atoms with Crippen LogP contribution in [0.15, 0.2) is 59.6 Å². The van der Waals surface area contributed by atoms with Crippen LogP contribution in [0.4, 0.5) is 13.2 Å². The van der Waals surface area contributed by atoms with E-state index in [1.807, 2.05) is 12.1 Å². The maximum Gasteiger partial charge on any atom is 0.408 e. The Kier molecular flexibility index (Phi) is 7.25. The summed E-state index contributed by atoms with van der Waals surface area (Å²) >= 11 is 0.972. The molecule has 0 bridgehead atoms. The zero-order valence-corrected chi connectivity index (χ0v) is 17.1. The third-order valence-electron chi connectivity index (χ3n) is 4.60. The highest BCUT2D eigenvalue weighted by atomic mass is 32.2. The van der Waals surface area contributed by atoms with Gasteiger partial charge in [-0.05, 0) is 23.3 Å². The second-order valence-corrected chi connectivity index (χ2v) is 7.71. The summed E-state index contributed by atoms with van der Waals surface area (Å²) in [5.41, 5.74) is 1.61. The van der Waals surface area contributed by atoms with E-state index in [0.29, 0.717) is 12.3 Å². The molecule has 0 fully saturated rings. The number of amides is 1. The van der Waals surface area contributed by atoms with Gasteiger partial charge in [-0.1, -0.05) is 54.2 Å². The van der Waals surface area contributed by atoms with E-state index in [1.54, 1.807) is 49.6 Å². The lowest BCUT2D eigenvalue weighted by Crippen LogP contribution is -2.48. The average Bonchev–Trinajstić information content (AvgIpc) is 2.76. The van der Waals surface area contributed by atoms with E-state index in [9.17, 15) is 18.0 Å². The Morgan fingerprint density at radius 2 is 1.90 bits per heavy atom. The number of aliphatic imine (C=N–C) groups is 1. The van der Waals surface area contributed by atoms with Crippen molar-refractivity contribution in [3.05, 3.63) is 65.7 Å². The lowest BCUT2D eigenvalue weighted by Gasteiger charge is -2.31. The largest absolute Gasteiger partial charge is 0.497 e. The van der Waals surface area contributed by atoms with E-state index in [-0.39, 0.29) is 23.2 Å². The lowest BCUT2D eigenvalue weighted by molar-refractivity contribution is -0.155. The molecular formula is C21H22F3N3O2S. The van der Waals surface area contributed by atoms with Gasteiger partial charge in [-0.15, -0.1) is 0 Å². The summed E-state index contributed by atoms with van der Waals surface area (Å²) in [4.78, 5) is 16.6. The molecule has 1 amide bonds. The Hall–Kier alpha value is -2.68. The molecule has 30 heavy (non-hydrogen) atoms. The minimum Gasteiger partial charge on any atom is -0.497 e. The normalized spacial score (nSPS) is 18.9. The van der Waals surface area contributed by atoms with Gasteiger partial charge in [0.1, 0.15) is 11.8 Å². The second kappa shape index (κ2) is 9.88. The molecule has 2 aromatic rings. The predicted molar refractivity (Wildman–Crippen MR) is 112 cm³/mol. The molecule has 1 aliphatic rings. The molecule has 2 atom stereocenters. The van der Waals surface area contributed by atoms with Gasteiger partial charge < -0.3 is 15.4 Å². The topological polar surface area (TPSA) is 62.7 Å². The van der Waals surface area contributed by atoms with Crippen molar-refractivity contribution in [3.8, 4) is 5.75 Å². The van der Waals surface area contributed by atoms with Crippen LogP contribution < -0.4 is 15.4 Å². The number of amidine groups is 1. The van der Waals surface area contributed by atoms with E-state index >= 15 is 0 Å². The first-order valence-corrected chi connectivity index (χ1v) is 10.3. The van der Waals surface area contributed by atoms with Crippen molar-refractivity contribution in [2.45, 2.75) is 31.2 Å². The first-order chi connectivity index (χ1) is 14.3. The van der Waals surface area contributed by atoms with E-state index < -0.39 is 18.3 Å². The van der Waals surface area contributed by atoms with Gasteiger partial charge >= 0.3 is 6.18 Å². The molecule has 0 spiro atoms. The van der Waals surface area contributed by atoms with Crippen LogP contribution in [-0.4, -0.2) is 36.2 Å². The van der Waals surface area contributed by atoms with Crippen molar-refractivity contribution in [1.82, 2.24) is 10.6 Å². The fourth-order valence-electron chi connectivity index (χ4n) is 2.97. The Morgan fingerprint density at radius 1 is 1.20 bits per heavy atom. The smallest absolute Gasteiger partial charge is 0.408 e. The maximum absolute atomic E-state index is 13.4. The average molecular weight is 437 g/mol. The van der Waals surface area contributed by atoms with Crippen molar-refractivity contribution >= 4 is 22.8 Å². The standard InChI is InChI=1S/C21H22F3N3O2S/c1-29-16-9-7-14(8-10-16)12-25-19(28)13-30-20-26-17(15-5-3-2-4-6-15)11-18(27-20)21(22,23)24/h2-10,17-18H,11-13H2,1H3,(H,25,28)(H,26,27)/t17-,18-/m1/s1. The fraction of sp³-hybridized carbons (Fsp3) is 0.333. The van der Waals surface area contributed by atoms with Crippen molar-refractivity contribution in [2.75, 3.05) is 12.9 Å². The van der Waals surface area contributed by atoms with Crippen molar-refractivity contribution in [3.63, 3.8) is 0 Å². The van der Waals surface area contributed by atoms with E-state index in [0.717, 1.165) is 22.9 Å². The SMILES string of the molecule is COc1ccc(CNC(=O)CSC2=N[C@@H](c3ccccc3)C[C@H](C(F)(F)F)N2)cc1. The van der Waals surface area contributed by atoms with Crippen molar-refractivity contribution in [1.29, 1.82) is 0 Å². The number of benzene rings is 2. The molecular weight excluding hydrogens is 415 g/mol. The third kappa shape index (κ3) is 6.16. The Labute approximate surface area is 177 Å². The summed E-state index contributed by atoms with van der Waals surface area (Å²) in [6.45, 7) is 0.321. The summed E-state index contributed by atoms with van der Waals surface area (Å²) in [5, 5.41) is 5.31. The number of alkyl halides is 3. The number of methoxy groups -OCH3 is 1. The third-order valence-corrected chi connectivity index (χ3v) is 5.50. The molecule has 0 aromatic heterocycles.